The highest BCUT2D eigenvalue weighted by Gasteiger charge is 2.18. The van der Waals surface area contributed by atoms with Crippen LogP contribution in [0.4, 0.5) is 10.5 Å². The molecule has 1 aliphatic rings. The van der Waals surface area contributed by atoms with Gasteiger partial charge < -0.3 is 15.4 Å². The van der Waals surface area contributed by atoms with E-state index in [1.807, 2.05) is 48.5 Å². The lowest BCUT2D eigenvalue weighted by molar-refractivity contribution is 0.252. The zero-order chi connectivity index (χ0) is 16.6. The van der Waals surface area contributed by atoms with E-state index in [9.17, 15) is 4.79 Å². The predicted molar refractivity (Wildman–Crippen MR) is 95.4 cm³/mol. The van der Waals surface area contributed by atoms with E-state index < -0.39 is 0 Å². The fourth-order valence-electron chi connectivity index (χ4n) is 2.58. The second kappa shape index (κ2) is 8.15. The SMILES string of the molecule is O=C(NCCC1=N[C@@H](Cc2ccccc2)CO1)Nc1ccccc1. The van der Waals surface area contributed by atoms with Crippen molar-refractivity contribution in [3.05, 3.63) is 66.2 Å². The standard InChI is InChI=1S/C19H21N3O2/c23-19(22-16-9-5-2-6-10-16)20-12-11-18-21-17(14-24-18)13-15-7-3-1-4-8-15/h1-10,17H,11-14H2,(H2,20,22,23)/t17-/m0/s1. The number of benzene rings is 2. The topological polar surface area (TPSA) is 62.7 Å². The van der Waals surface area contributed by atoms with Gasteiger partial charge in [-0.2, -0.15) is 0 Å². The van der Waals surface area contributed by atoms with Gasteiger partial charge in [-0.1, -0.05) is 48.5 Å². The van der Waals surface area contributed by atoms with Gasteiger partial charge in [0.25, 0.3) is 0 Å². The molecule has 3 rings (SSSR count). The van der Waals surface area contributed by atoms with Crippen LogP contribution in [0.25, 0.3) is 0 Å². The monoisotopic (exact) mass is 323 g/mol. The number of hydrogen-bond donors (Lipinski definition) is 2. The molecule has 1 aliphatic heterocycles. The van der Waals surface area contributed by atoms with Crippen LogP contribution in [0.1, 0.15) is 12.0 Å². The van der Waals surface area contributed by atoms with Gasteiger partial charge in [0, 0.05) is 18.7 Å². The number of amides is 2. The number of anilines is 1. The van der Waals surface area contributed by atoms with Gasteiger partial charge in [0.1, 0.15) is 6.61 Å². The molecule has 5 heteroatoms. The molecule has 24 heavy (non-hydrogen) atoms. The van der Waals surface area contributed by atoms with E-state index in [1.54, 1.807) is 0 Å². The van der Waals surface area contributed by atoms with Crippen LogP contribution >= 0.6 is 0 Å². The molecule has 0 spiro atoms. The first-order valence-corrected chi connectivity index (χ1v) is 8.13. The first-order chi connectivity index (χ1) is 11.8. The third kappa shape index (κ3) is 4.84. The highest BCUT2D eigenvalue weighted by Crippen LogP contribution is 2.13. The molecule has 1 atom stereocenters. The van der Waals surface area contributed by atoms with Crippen LogP contribution in [0.3, 0.4) is 0 Å². The maximum absolute atomic E-state index is 11.8. The summed E-state index contributed by atoms with van der Waals surface area (Å²) in [6, 6.07) is 19.6. The fraction of sp³-hybridized carbons (Fsp3) is 0.263. The molecule has 0 saturated carbocycles. The molecular weight excluding hydrogens is 302 g/mol. The summed E-state index contributed by atoms with van der Waals surface area (Å²) >= 11 is 0. The van der Waals surface area contributed by atoms with E-state index >= 15 is 0 Å². The molecule has 1 heterocycles. The van der Waals surface area contributed by atoms with E-state index in [1.165, 1.54) is 5.56 Å². The Balaban J connectivity index is 1.39. The Hall–Kier alpha value is -2.82. The molecule has 0 saturated heterocycles. The number of rotatable bonds is 6. The molecule has 2 amide bonds. The zero-order valence-electron chi connectivity index (χ0n) is 13.4. The Labute approximate surface area is 141 Å². The molecule has 0 radical (unpaired) electrons. The highest BCUT2D eigenvalue weighted by atomic mass is 16.5. The molecule has 0 unspecified atom stereocenters. The number of nitrogens with one attached hydrogen (secondary N) is 2. The molecule has 2 N–H and O–H groups in total. The van der Waals surface area contributed by atoms with Crippen molar-refractivity contribution in [2.75, 3.05) is 18.5 Å². The summed E-state index contributed by atoms with van der Waals surface area (Å²) in [4.78, 5) is 16.4. The molecule has 124 valence electrons. The first kappa shape index (κ1) is 16.1. The number of para-hydroxylation sites is 1. The van der Waals surface area contributed by atoms with Crippen molar-refractivity contribution < 1.29 is 9.53 Å². The molecule has 0 aliphatic carbocycles. The fourth-order valence-corrected chi connectivity index (χ4v) is 2.58. The summed E-state index contributed by atoms with van der Waals surface area (Å²) in [5.74, 6) is 0.718. The van der Waals surface area contributed by atoms with Crippen LogP contribution in [0.2, 0.25) is 0 Å². The lowest BCUT2D eigenvalue weighted by atomic mass is 10.1. The van der Waals surface area contributed by atoms with Gasteiger partial charge in [0.05, 0.1) is 6.04 Å². The van der Waals surface area contributed by atoms with Crippen molar-refractivity contribution in [3.8, 4) is 0 Å². The third-order valence-electron chi connectivity index (χ3n) is 3.74. The maximum Gasteiger partial charge on any atom is 0.319 e. The lowest BCUT2D eigenvalue weighted by Gasteiger charge is -2.07. The number of carbonyl (C=O) groups excluding carboxylic acids is 1. The van der Waals surface area contributed by atoms with E-state index in [-0.39, 0.29) is 12.1 Å². The second-order valence-electron chi connectivity index (χ2n) is 5.67. The van der Waals surface area contributed by atoms with Gasteiger partial charge in [-0.3, -0.25) is 0 Å². The van der Waals surface area contributed by atoms with Crippen molar-refractivity contribution in [1.29, 1.82) is 0 Å². The Kier molecular flexibility index (Phi) is 5.45. The van der Waals surface area contributed by atoms with Crippen molar-refractivity contribution in [2.45, 2.75) is 18.9 Å². The highest BCUT2D eigenvalue weighted by molar-refractivity contribution is 5.89. The average Bonchev–Trinajstić information content (AvgIpc) is 3.04. The average molecular weight is 323 g/mol. The number of urea groups is 1. The minimum absolute atomic E-state index is 0.167. The van der Waals surface area contributed by atoms with E-state index in [4.69, 9.17) is 4.74 Å². The number of hydrogen-bond acceptors (Lipinski definition) is 3. The lowest BCUT2D eigenvalue weighted by Crippen LogP contribution is -2.30. The maximum atomic E-state index is 11.8. The van der Waals surface area contributed by atoms with E-state index in [0.29, 0.717) is 19.6 Å². The molecule has 0 fully saturated rings. The quantitative estimate of drug-likeness (QED) is 0.857. The van der Waals surface area contributed by atoms with Gasteiger partial charge in [-0.15, -0.1) is 0 Å². The van der Waals surface area contributed by atoms with Gasteiger partial charge in [0.2, 0.25) is 0 Å². The van der Waals surface area contributed by atoms with Crippen LogP contribution in [0.15, 0.2) is 65.7 Å². The largest absolute Gasteiger partial charge is 0.479 e. The predicted octanol–water partition coefficient (Wildman–Crippen LogP) is 3.24. The number of aliphatic imine (C=N–C) groups is 1. The number of ether oxygens (including phenoxy) is 1. The summed E-state index contributed by atoms with van der Waals surface area (Å²) in [5, 5.41) is 5.59. The van der Waals surface area contributed by atoms with Crippen molar-refractivity contribution in [1.82, 2.24) is 5.32 Å². The van der Waals surface area contributed by atoms with E-state index in [2.05, 4.69) is 27.8 Å². The van der Waals surface area contributed by atoms with Crippen LogP contribution in [-0.2, 0) is 11.2 Å². The molecule has 0 bridgehead atoms. The Morgan fingerprint density at radius 1 is 1.08 bits per heavy atom. The smallest absolute Gasteiger partial charge is 0.319 e. The van der Waals surface area contributed by atoms with Gasteiger partial charge >= 0.3 is 6.03 Å². The number of nitrogens with zero attached hydrogens (tertiary/aromatic N) is 1. The van der Waals surface area contributed by atoms with Crippen LogP contribution in [0, 0.1) is 0 Å². The summed E-state index contributed by atoms with van der Waals surface area (Å²) in [5.41, 5.74) is 2.03. The Morgan fingerprint density at radius 3 is 2.54 bits per heavy atom. The van der Waals surface area contributed by atoms with Gasteiger partial charge in [-0.05, 0) is 24.1 Å². The Bertz CT molecular complexity index is 686. The summed E-state index contributed by atoms with van der Waals surface area (Å²) in [6.45, 7) is 1.11. The summed E-state index contributed by atoms with van der Waals surface area (Å²) < 4.78 is 5.62. The normalized spacial score (nSPS) is 16.2. The number of carbonyl (C=O) groups is 1. The summed E-state index contributed by atoms with van der Waals surface area (Å²) in [6.07, 6.45) is 1.49. The second-order valence-corrected chi connectivity index (χ2v) is 5.67. The molecule has 0 aromatic heterocycles. The zero-order valence-corrected chi connectivity index (χ0v) is 13.4. The Morgan fingerprint density at radius 2 is 1.79 bits per heavy atom. The van der Waals surface area contributed by atoms with Crippen molar-refractivity contribution in [2.24, 2.45) is 4.99 Å². The minimum Gasteiger partial charge on any atom is -0.479 e. The summed E-state index contributed by atoms with van der Waals surface area (Å²) in [7, 11) is 0. The molecule has 5 nitrogen and oxygen atoms in total. The third-order valence-corrected chi connectivity index (χ3v) is 3.74. The van der Waals surface area contributed by atoms with Gasteiger partial charge in [-0.25, -0.2) is 9.79 Å². The molecular formula is C19H21N3O2. The van der Waals surface area contributed by atoms with Crippen molar-refractivity contribution in [3.63, 3.8) is 0 Å². The van der Waals surface area contributed by atoms with E-state index in [0.717, 1.165) is 18.0 Å². The van der Waals surface area contributed by atoms with Crippen LogP contribution in [-0.4, -0.2) is 31.1 Å². The van der Waals surface area contributed by atoms with Crippen molar-refractivity contribution >= 4 is 17.6 Å². The first-order valence-electron chi connectivity index (χ1n) is 8.13. The van der Waals surface area contributed by atoms with Crippen LogP contribution < -0.4 is 10.6 Å². The molecule has 2 aromatic rings. The van der Waals surface area contributed by atoms with Crippen LogP contribution in [0.5, 0.6) is 0 Å². The van der Waals surface area contributed by atoms with Gasteiger partial charge in [0.15, 0.2) is 5.90 Å². The molecule has 2 aromatic carbocycles. The minimum atomic E-state index is -0.222.